The lowest BCUT2D eigenvalue weighted by atomic mass is 10.2. The number of hydrogen-bond donors (Lipinski definition) is 1. The van der Waals surface area contributed by atoms with E-state index in [1.807, 2.05) is 13.8 Å². The number of benzene rings is 1. The topological polar surface area (TPSA) is 84.4 Å². The summed E-state index contributed by atoms with van der Waals surface area (Å²) in [5.74, 6) is 1.35. The van der Waals surface area contributed by atoms with Gasteiger partial charge in [-0.2, -0.15) is 0 Å². The highest BCUT2D eigenvalue weighted by Crippen LogP contribution is 2.27. The van der Waals surface area contributed by atoms with Crippen LogP contribution in [0, 0.1) is 20.8 Å². The molecule has 0 bridgehead atoms. The third-order valence-electron chi connectivity index (χ3n) is 4.64. The van der Waals surface area contributed by atoms with E-state index in [4.69, 9.17) is 4.74 Å². The standard InChI is InChI=1S/C19H26N4O3S/c1-5-26-17-9-8-16(12-13(17)2)27(24,25)22-18-14(3)20-19(21-15(18)4)23-10-6-7-11-23/h8-9,12,22H,5-7,10-11H2,1-4H3. The lowest BCUT2D eigenvalue weighted by Crippen LogP contribution is -2.22. The van der Waals surface area contributed by atoms with Crippen molar-refractivity contribution in [1.82, 2.24) is 9.97 Å². The van der Waals surface area contributed by atoms with Crippen molar-refractivity contribution in [2.45, 2.75) is 45.4 Å². The van der Waals surface area contributed by atoms with Crippen LogP contribution in [0.2, 0.25) is 0 Å². The van der Waals surface area contributed by atoms with Gasteiger partial charge in [-0.1, -0.05) is 0 Å². The SMILES string of the molecule is CCOc1ccc(S(=O)(=O)Nc2c(C)nc(N3CCCC3)nc2C)cc1C. The largest absolute Gasteiger partial charge is 0.494 e. The van der Waals surface area contributed by atoms with E-state index in [0.717, 1.165) is 31.5 Å². The molecule has 146 valence electrons. The second-order valence-electron chi connectivity index (χ2n) is 6.73. The van der Waals surface area contributed by atoms with Gasteiger partial charge in [0.15, 0.2) is 0 Å². The molecule has 1 fully saturated rings. The van der Waals surface area contributed by atoms with Crippen LogP contribution in [0.1, 0.15) is 36.7 Å². The Morgan fingerprint density at radius 1 is 1.11 bits per heavy atom. The number of sulfonamides is 1. The number of nitrogens with zero attached hydrogens (tertiary/aromatic N) is 3. The van der Waals surface area contributed by atoms with Crippen LogP contribution in [0.4, 0.5) is 11.6 Å². The maximum atomic E-state index is 12.9. The van der Waals surface area contributed by atoms with Crippen molar-refractivity contribution in [1.29, 1.82) is 0 Å². The molecule has 1 aliphatic rings. The van der Waals surface area contributed by atoms with Crippen LogP contribution in [0.3, 0.4) is 0 Å². The van der Waals surface area contributed by atoms with E-state index >= 15 is 0 Å². The van der Waals surface area contributed by atoms with Gasteiger partial charge in [0.05, 0.1) is 28.6 Å². The lowest BCUT2D eigenvalue weighted by molar-refractivity contribution is 0.337. The van der Waals surface area contributed by atoms with Crippen molar-refractivity contribution in [3.63, 3.8) is 0 Å². The maximum absolute atomic E-state index is 12.9. The molecule has 0 unspecified atom stereocenters. The molecular formula is C19H26N4O3S. The molecule has 0 saturated carbocycles. The number of rotatable bonds is 6. The van der Waals surface area contributed by atoms with Gasteiger partial charge in [-0.05, 0) is 64.3 Å². The Balaban J connectivity index is 1.88. The minimum atomic E-state index is -3.74. The van der Waals surface area contributed by atoms with E-state index in [-0.39, 0.29) is 4.90 Å². The Bertz CT molecular complexity index is 915. The molecule has 1 aromatic carbocycles. The van der Waals surface area contributed by atoms with Crippen LogP contribution in [-0.4, -0.2) is 38.1 Å². The molecule has 1 aromatic heterocycles. The first kappa shape index (κ1) is 19.4. The number of anilines is 2. The molecule has 0 amide bonds. The second kappa shape index (κ2) is 7.72. The first-order valence-electron chi connectivity index (χ1n) is 9.18. The first-order valence-corrected chi connectivity index (χ1v) is 10.7. The molecule has 0 radical (unpaired) electrons. The number of aryl methyl sites for hydroxylation is 3. The van der Waals surface area contributed by atoms with Crippen molar-refractivity contribution in [2.24, 2.45) is 0 Å². The van der Waals surface area contributed by atoms with E-state index in [2.05, 4.69) is 19.6 Å². The van der Waals surface area contributed by atoms with Gasteiger partial charge in [0.1, 0.15) is 5.75 Å². The van der Waals surface area contributed by atoms with Crippen molar-refractivity contribution in [2.75, 3.05) is 29.3 Å². The molecule has 2 aromatic rings. The van der Waals surface area contributed by atoms with E-state index in [0.29, 0.717) is 35.4 Å². The molecule has 1 N–H and O–H groups in total. The summed E-state index contributed by atoms with van der Waals surface area (Å²) in [6, 6.07) is 4.84. The number of nitrogens with one attached hydrogen (secondary N) is 1. The summed E-state index contributed by atoms with van der Waals surface area (Å²) in [4.78, 5) is 11.4. The van der Waals surface area contributed by atoms with E-state index in [9.17, 15) is 8.42 Å². The zero-order valence-corrected chi connectivity index (χ0v) is 17.1. The fourth-order valence-electron chi connectivity index (χ4n) is 3.20. The van der Waals surface area contributed by atoms with Gasteiger partial charge in [0.2, 0.25) is 5.95 Å². The van der Waals surface area contributed by atoms with Crippen LogP contribution in [0.25, 0.3) is 0 Å². The highest BCUT2D eigenvalue weighted by Gasteiger charge is 2.21. The molecule has 0 spiro atoms. The van der Waals surface area contributed by atoms with Crippen molar-refractivity contribution in [3.8, 4) is 5.75 Å². The average molecular weight is 391 g/mol. The molecule has 2 heterocycles. The summed E-state index contributed by atoms with van der Waals surface area (Å²) in [6.45, 7) is 9.73. The van der Waals surface area contributed by atoms with Crippen molar-refractivity contribution >= 4 is 21.7 Å². The highest BCUT2D eigenvalue weighted by molar-refractivity contribution is 7.92. The molecule has 1 aliphatic heterocycles. The predicted octanol–water partition coefficient (Wildman–Crippen LogP) is 3.20. The van der Waals surface area contributed by atoms with E-state index < -0.39 is 10.0 Å². The van der Waals surface area contributed by atoms with Crippen LogP contribution in [0.5, 0.6) is 5.75 Å². The normalized spacial score (nSPS) is 14.4. The maximum Gasteiger partial charge on any atom is 0.262 e. The summed E-state index contributed by atoms with van der Waals surface area (Å²) >= 11 is 0. The Kier molecular flexibility index (Phi) is 5.55. The molecule has 3 rings (SSSR count). The van der Waals surface area contributed by atoms with Gasteiger partial charge in [0.25, 0.3) is 10.0 Å². The lowest BCUT2D eigenvalue weighted by Gasteiger charge is -2.19. The molecule has 7 nitrogen and oxygen atoms in total. The molecular weight excluding hydrogens is 364 g/mol. The number of ether oxygens (including phenoxy) is 1. The second-order valence-corrected chi connectivity index (χ2v) is 8.41. The van der Waals surface area contributed by atoms with Crippen LogP contribution < -0.4 is 14.4 Å². The van der Waals surface area contributed by atoms with Gasteiger partial charge in [-0.15, -0.1) is 0 Å². The van der Waals surface area contributed by atoms with Gasteiger partial charge >= 0.3 is 0 Å². The summed E-state index contributed by atoms with van der Waals surface area (Å²) < 4.78 is 33.8. The van der Waals surface area contributed by atoms with Gasteiger partial charge < -0.3 is 9.64 Å². The Hall–Kier alpha value is -2.35. The molecule has 0 aliphatic carbocycles. The highest BCUT2D eigenvalue weighted by atomic mass is 32.2. The molecule has 8 heteroatoms. The summed E-state index contributed by atoms with van der Waals surface area (Å²) in [5.41, 5.74) is 2.45. The minimum Gasteiger partial charge on any atom is -0.494 e. The first-order chi connectivity index (χ1) is 12.8. The molecule has 1 saturated heterocycles. The van der Waals surface area contributed by atoms with E-state index in [1.54, 1.807) is 32.0 Å². The quantitative estimate of drug-likeness (QED) is 0.815. The van der Waals surface area contributed by atoms with Gasteiger partial charge in [-0.3, -0.25) is 4.72 Å². The third-order valence-corrected chi connectivity index (χ3v) is 5.99. The van der Waals surface area contributed by atoms with Crippen LogP contribution in [0.15, 0.2) is 23.1 Å². The summed E-state index contributed by atoms with van der Waals surface area (Å²) in [7, 11) is -3.74. The fraction of sp³-hybridized carbons (Fsp3) is 0.474. The Labute approximate surface area is 160 Å². The van der Waals surface area contributed by atoms with Crippen molar-refractivity contribution in [3.05, 3.63) is 35.2 Å². The van der Waals surface area contributed by atoms with Gasteiger partial charge in [0, 0.05) is 13.1 Å². The Morgan fingerprint density at radius 2 is 1.74 bits per heavy atom. The zero-order chi connectivity index (χ0) is 19.6. The minimum absolute atomic E-state index is 0.186. The smallest absolute Gasteiger partial charge is 0.262 e. The Morgan fingerprint density at radius 3 is 2.30 bits per heavy atom. The average Bonchev–Trinajstić information content (AvgIpc) is 3.14. The van der Waals surface area contributed by atoms with E-state index in [1.165, 1.54) is 0 Å². The molecule has 27 heavy (non-hydrogen) atoms. The summed E-state index contributed by atoms with van der Waals surface area (Å²) in [5, 5.41) is 0. The van der Waals surface area contributed by atoms with Crippen LogP contribution >= 0.6 is 0 Å². The fourth-order valence-corrected chi connectivity index (χ4v) is 4.47. The molecule has 0 atom stereocenters. The third kappa shape index (κ3) is 4.16. The zero-order valence-electron chi connectivity index (χ0n) is 16.2. The predicted molar refractivity (Wildman–Crippen MR) is 106 cm³/mol. The van der Waals surface area contributed by atoms with Gasteiger partial charge in [-0.25, -0.2) is 18.4 Å². The van der Waals surface area contributed by atoms with Crippen LogP contribution in [-0.2, 0) is 10.0 Å². The monoisotopic (exact) mass is 390 g/mol. The number of hydrogen-bond acceptors (Lipinski definition) is 6. The van der Waals surface area contributed by atoms with Crippen molar-refractivity contribution < 1.29 is 13.2 Å². The summed E-state index contributed by atoms with van der Waals surface area (Å²) in [6.07, 6.45) is 2.26. The number of aromatic nitrogens is 2.